The molecule has 0 spiro atoms. The molecule has 0 aliphatic rings. The van der Waals surface area contributed by atoms with Gasteiger partial charge in [0.1, 0.15) is 17.5 Å². The largest absolute Gasteiger partial charge is 0.370 e. The molecule has 1 aromatic carbocycles. The first-order valence-corrected chi connectivity index (χ1v) is 6.60. The van der Waals surface area contributed by atoms with Gasteiger partial charge in [-0.2, -0.15) is 0 Å². The molecule has 0 bridgehead atoms. The zero-order chi connectivity index (χ0) is 13.7. The number of anilines is 1. The molecular weight excluding hydrogens is 241 g/mol. The summed E-state index contributed by atoms with van der Waals surface area (Å²) in [6.07, 6.45) is 1.81. The maximum absolute atomic E-state index is 13.3. The van der Waals surface area contributed by atoms with Gasteiger partial charge >= 0.3 is 0 Å². The standard InChI is InChI=1S/C15H18FN3/c1-3-6-14-18-13(10-15(19-14)17-4-2)11-7-5-8-12(16)9-11/h5,7-10H,3-4,6H2,1-2H3,(H,17,18,19). The second-order valence-corrected chi connectivity index (χ2v) is 4.35. The fourth-order valence-electron chi connectivity index (χ4n) is 1.90. The van der Waals surface area contributed by atoms with Crippen molar-refractivity contribution in [1.29, 1.82) is 0 Å². The second kappa shape index (κ2) is 6.27. The average Bonchev–Trinajstić information content (AvgIpc) is 2.39. The first-order chi connectivity index (χ1) is 9.22. The van der Waals surface area contributed by atoms with Gasteiger partial charge in [-0.05, 0) is 25.5 Å². The Kier molecular flexibility index (Phi) is 4.44. The monoisotopic (exact) mass is 259 g/mol. The minimum atomic E-state index is -0.252. The molecule has 0 aliphatic carbocycles. The van der Waals surface area contributed by atoms with Gasteiger partial charge in [0.2, 0.25) is 0 Å². The zero-order valence-corrected chi connectivity index (χ0v) is 11.3. The summed E-state index contributed by atoms with van der Waals surface area (Å²) in [4.78, 5) is 8.94. The SMILES string of the molecule is CCCc1nc(NCC)cc(-c2cccc(F)c2)n1. The molecule has 4 heteroatoms. The van der Waals surface area contributed by atoms with Crippen LogP contribution in [0.15, 0.2) is 30.3 Å². The lowest BCUT2D eigenvalue weighted by molar-refractivity contribution is 0.628. The van der Waals surface area contributed by atoms with E-state index in [2.05, 4.69) is 22.2 Å². The van der Waals surface area contributed by atoms with Crippen LogP contribution >= 0.6 is 0 Å². The molecule has 0 unspecified atom stereocenters. The van der Waals surface area contributed by atoms with Crippen molar-refractivity contribution in [2.24, 2.45) is 0 Å². The number of halogens is 1. The van der Waals surface area contributed by atoms with Gasteiger partial charge in [0, 0.05) is 24.6 Å². The van der Waals surface area contributed by atoms with E-state index in [1.807, 2.05) is 19.1 Å². The topological polar surface area (TPSA) is 37.8 Å². The molecular formula is C15H18FN3. The molecule has 0 radical (unpaired) electrons. The Morgan fingerprint density at radius 3 is 2.68 bits per heavy atom. The highest BCUT2D eigenvalue weighted by atomic mass is 19.1. The van der Waals surface area contributed by atoms with Crippen LogP contribution in [0.2, 0.25) is 0 Å². The summed E-state index contributed by atoms with van der Waals surface area (Å²) in [5.74, 6) is 1.33. The Labute approximate surface area is 112 Å². The smallest absolute Gasteiger partial charge is 0.131 e. The molecule has 0 atom stereocenters. The normalized spacial score (nSPS) is 10.5. The van der Waals surface area contributed by atoms with Crippen LogP contribution in [0.3, 0.4) is 0 Å². The Morgan fingerprint density at radius 2 is 2.00 bits per heavy atom. The maximum atomic E-state index is 13.3. The highest BCUT2D eigenvalue weighted by Crippen LogP contribution is 2.21. The molecule has 100 valence electrons. The van der Waals surface area contributed by atoms with Crippen molar-refractivity contribution in [2.75, 3.05) is 11.9 Å². The van der Waals surface area contributed by atoms with Crippen LogP contribution < -0.4 is 5.32 Å². The van der Waals surface area contributed by atoms with E-state index in [1.165, 1.54) is 12.1 Å². The van der Waals surface area contributed by atoms with Crippen molar-refractivity contribution in [3.05, 3.63) is 42.0 Å². The van der Waals surface area contributed by atoms with Crippen molar-refractivity contribution in [3.63, 3.8) is 0 Å². The summed E-state index contributed by atoms with van der Waals surface area (Å²) in [5.41, 5.74) is 1.54. The number of benzene rings is 1. The Morgan fingerprint density at radius 1 is 1.16 bits per heavy atom. The highest BCUT2D eigenvalue weighted by molar-refractivity contribution is 5.62. The molecule has 0 saturated heterocycles. The summed E-state index contributed by atoms with van der Waals surface area (Å²) >= 11 is 0. The average molecular weight is 259 g/mol. The van der Waals surface area contributed by atoms with Crippen LogP contribution in [0, 0.1) is 5.82 Å². The Balaban J connectivity index is 2.43. The van der Waals surface area contributed by atoms with Crippen molar-refractivity contribution in [3.8, 4) is 11.3 Å². The molecule has 0 amide bonds. The van der Waals surface area contributed by atoms with Gasteiger partial charge in [-0.1, -0.05) is 19.1 Å². The van der Waals surface area contributed by atoms with Crippen LogP contribution in [0.4, 0.5) is 10.2 Å². The molecule has 1 aromatic heterocycles. The lowest BCUT2D eigenvalue weighted by atomic mass is 10.1. The maximum Gasteiger partial charge on any atom is 0.131 e. The van der Waals surface area contributed by atoms with Crippen molar-refractivity contribution < 1.29 is 4.39 Å². The quantitative estimate of drug-likeness (QED) is 0.890. The van der Waals surface area contributed by atoms with Crippen LogP contribution in [-0.4, -0.2) is 16.5 Å². The summed E-state index contributed by atoms with van der Waals surface area (Å²) < 4.78 is 13.3. The number of hydrogen-bond acceptors (Lipinski definition) is 3. The van der Waals surface area contributed by atoms with E-state index in [0.29, 0.717) is 0 Å². The first-order valence-electron chi connectivity index (χ1n) is 6.60. The zero-order valence-electron chi connectivity index (χ0n) is 11.3. The second-order valence-electron chi connectivity index (χ2n) is 4.35. The number of nitrogens with zero attached hydrogens (tertiary/aromatic N) is 2. The lowest BCUT2D eigenvalue weighted by Gasteiger charge is -2.08. The van der Waals surface area contributed by atoms with Crippen molar-refractivity contribution >= 4 is 5.82 Å². The summed E-state index contributed by atoms with van der Waals surface area (Å²) in [7, 11) is 0. The molecule has 1 heterocycles. The summed E-state index contributed by atoms with van der Waals surface area (Å²) in [6.45, 7) is 4.90. The van der Waals surface area contributed by atoms with Gasteiger partial charge in [0.05, 0.1) is 5.69 Å². The minimum absolute atomic E-state index is 0.252. The van der Waals surface area contributed by atoms with Gasteiger partial charge in [-0.25, -0.2) is 14.4 Å². The predicted molar refractivity (Wildman–Crippen MR) is 75.6 cm³/mol. The summed E-state index contributed by atoms with van der Waals surface area (Å²) in [5, 5.41) is 3.19. The van der Waals surface area contributed by atoms with Crippen LogP contribution in [-0.2, 0) is 6.42 Å². The van der Waals surface area contributed by atoms with E-state index in [9.17, 15) is 4.39 Å². The molecule has 3 nitrogen and oxygen atoms in total. The lowest BCUT2D eigenvalue weighted by Crippen LogP contribution is -2.04. The number of rotatable bonds is 5. The Hall–Kier alpha value is -1.97. The third-order valence-electron chi connectivity index (χ3n) is 2.72. The molecule has 2 aromatic rings. The molecule has 0 saturated carbocycles. The van der Waals surface area contributed by atoms with E-state index in [-0.39, 0.29) is 5.82 Å². The van der Waals surface area contributed by atoms with Crippen molar-refractivity contribution in [1.82, 2.24) is 9.97 Å². The van der Waals surface area contributed by atoms with Gasteiger partial charge in [-0.15, -0.1) is 0 Å². The van der Waals surface area contributed by atoms with E-state index < -0.39 is 0 Å². The van der Waals surface area contributed by atoms with Gasteiger partial charge < -0.3 is 5.32 Å². The minimum Gasteiger partial charge on any atom is -0.370 e. The molecule has 0 aliphatic heterocycles. The van der Waals surface area contributed by atoms with Gasteiger partial charge in [0.25, 0.3) is 0 Å². The van der Waals surface area contributed by atoms with E-state index in [0.717, 1.165) is 42.3 Å². The number of aryl methyl sites for hydroxylation is 1. The molecule has 1 N–H and O–H groups in total. The molecule has 0 fully saturated rings. The van der Waals surface area contributed by atoms with Crippen molar-refractivity contribution in [2.45, 2.75) is 26.7 Å². The number of aromatic nitrogens is 2. The van der Waals surface area contributed by atoms with E-state index in [1.54, 1.807) is 6.07 Å². The molecule has 2 rings (SSSR count). The third-order valence-corrected chi connectivity index (χ3v) is 2.72. The highest BCUT2D eigenvalue weighted by Gasteiger charge is 2.06. The number of hydrogen-bond donors (Lipinski definition) is 1. The number of nitrogens with one attached hydrogen (secondary N) is 1. The van der Waals surface area contributed by atoms with Gasteiger partial charge in [0.15, 0.2) is 0 Å². The van der Waals surface area contributed by atoms with E-state index in [4.69, 9.17) is 0 Å². The molecule has 19 heavy (non-hydrogen) atoms. The third kappa shape index (κ3) is 3.50. The van der Waals surface area contributed by atoms with Crippen LogP contribution in [0.5, 0.6) is 0 Å². The van der Waals surface area contributed by atoms with Crippen LogP contribution in [0.1, 0.15) is 26.1 Å². The van der Waals surface area contributed by atoms with Crippen LogP contribution in [0.25, 0.3) is 11.3 Å². The van der Waals surface area contributed by atoms with Gasteiger partial charge in [-0.3, -0.25) is 0 Å². The Bertz CT molecular complexity index is 531. The predicted octanol–water partition coefficient (Wildman–Crippen LogP) is 3.67. The fourth-order valence-corrected chi connectivity index (χ4v) is 1.90. The summed E-state index contributed by atoms with van der Waals surface area (Å²) in [6, 6.07) is 8.34. The van der Waals surface area contributed by atoms with E-state index >= 15 is 0 Å². The fraction of sp³-hybridized carbons (Fsp3) is 0.333. The first kappa shape index (κ1) is 13.5.